The van der Waals surface area contributed by atoms with Crippen molar-refractivity contribution >= 4 is 34.0 Å². The fourth-order valence-corrected chi connectivity index (χ4v) is 3.69. The molecule has 0 bridgehead atoms. The Morgan fingerprint density at radius 2 is 2.26 bits per heavy atom. The lowest BCUT2D eigenvalue weighted by Gasteiger charge is -2.14. The third-order valence-corrected chi connectivity index (χ3v) is 4.59. The first kappa shape index (κ1) is 11.2. The van der Waals surface area contributed by atoms with Crippen molar-refractivity contribution in [3.63, 3.8) is 0 Å². The summed E-state index contributed by atoms with van der Waals surface area (Å²) in [5.41, 5.74) is 3.96. The fraction of sp³-hybridized carbons (Fsp3) is 0.333. The molecule has 1 aromatic carbocycles. The van der Waals surface area contributed by atoms with Crippen molar-refractivity contribution in [3.8, 4) is 0 Å². The van der Waals surface area contributed by atoms with Crippen LogP contribution < -0.4 is 5.32 Å². The molecule has 1 saturated heterocycles. The van der Waals surface area contributed by atoms with E-state index in [1.807, 2.05) is 0 Å². The summed E-state index contributed by atoms with van der Waals surface area (Å²) in [6, 6.07) is 6.48. The van der Waals surface area contributed by atoms with Crippen molar-refractivity contribution < 1.29 is 4.79 Å². The number of nitrogens with zero attached hydrogens (tertiary/aromatic N) is 1. The summed E-state index contributed by atoms with van der Waals surface area (Å²) in [6.07, 6.45) is 5.02. The molecule has 3 heterocycles. The number of benzene rings is 1. The molecule has 2 aliphatic heterocycles. The van der Waals surface area contributed by atoms with E-state index in [2.05, 4.69) is 34.3 Å². The smallest absolute Gasteiger partial charge is 0.225 e. The molecule has 1 atom stereocenters. The van der Waals surface area contributed by atoms with Crippen LogP contribution >= 0.6 is 12.2 Å². The highest BCUT2D eigenvalue weighted by Crippen LogP contribution is 2.36. The number of amides is 1. The quantitative estimate of drug-likeness (QED) is 0.808. The van der Waals surface area contributed by atoms with Crippen LogP contribution in [-0.4, -0.2) is 15.5 Å². The Labute approximate surface area is 116 Å². The minimum absolute atomic E-state index is 0.0435. The standard InChI is InChI=1S/C15H14N2OS/c18-13-7-11(15(19)16-13)12-8-17-6-2-4-9-3-1-5-10(12)14(9)17/h1,3,5,8,11H,2,4,6-7H2,(H,16,18,19). The van der Waals surface area contributed by atoms with E-state index >= 15 is 0 Å². The summed E-state index contributed by atoms with van der Waals surface area (Å²) in [7, 11) is 0. The molecule has 3 nitrogen and oxygen atoms in total. The molecule has 1 N–H and O–H groups in total. The van der Waals surface area contributed by atoms with E-state index in [0.717, 1.165) is 13.0 Å². The van der Waals surface area contributed by atoms with Crippen LogP contribution in [0.4, 0.5) is 0 Å². The molecule has 4 heteroatoms. The number of para-hydroxylation sites is 1. The predicted octanol–water partition coefficient (Wildman–Crippen LogP) is 2.52. The molecule has 2 aliphatic rings. The second-order valence-electron chi connectivity index (χ2n) is 5.36. The molecular formula is C15H14N2OS. The van der Waals surface area contributed by atoms with Crippen LogP contribution in [0.15, 0.2) is 24.4 Å². The van der Waals surface area contributed by atoms with Crippen molar-refractivity contribution in [1.29, 1.82) is 0 Å². The van der Waals surface area contributed by atoms with Gasteiger partial charge in [-0.3, -0.25) is 4.79 Å². The van der Waals surface area contributed by atoms with E-state index in [4.69, 9.17) is 12.2 Å². The SMILES string of the molecule is O=C1CC(c2cn3c4c(cccc24)CCC3)C(=S)N1. The number of aryl methyl sites for hydroxylation is 2. The first-order valence-electron chi connectivity index (χ1n) is 6.68. The van der Waals surface area contributed by atoms with Gasteiger partial charge in [-0.1, -0.05) is 30.4 Å². The van der Waals surface area contributed by atoms with Crippen LogP contribution in [0.2, 0.25) is 0 Å². The van der Waals surface area contributed by atoms with Gasteiger partial charge in [-0.25, -0.2) is 0 Å². The predicted molar refractivity (Wildman–Crippen MR) is 78.4 cm³/mol. The normalized spacial score (nSPS) is 22.0. The van der Waals surface area contributed by atoms with Gasteiger partial charge in [0.05, 0.1) is 10.5 Å². The zero-order valence-electron chi connectivity index (χ0n) is 10.5. The van der Waals surface area contributed by atoms with Crippen LogP contribution in [0.1, 0.15) is 29.9 Å². The summed E-state index contributed by atoms with van der Waals surface area (Å²) in [6.45, 7) is 1.06. The van der Waals surface area contributed by atoms with E-state index in [1.54, 1.807) is 0 Å². The Kier molecular flexibility index (Phi) is 2.30. The molecular weight excluding hydrogens is 256 g/mol. The van der Waals surface area contributed by atoms with Crippen LogP contribution in [0.3, 0.4) is 0 Å². The van der Waals surface area contributed by atoms with Gasteiger partial charge in [-0.05, 0) is 24.0 Å². The monoisotopic (exact) mass is 270 g/mol. The van der Waals surface area contributed by atoms with Gasteiger partial charge in [-0.2, -0.15) is 0 Å². The highest BCUT2D eigenvalue weighted by Gasteiger charge is 2.31. The van der Waals surface area contributed by atoms with Crippen molar-refractivity contribution in [2.45, 2.75) is 31.7 Å². The van der Waals surface area contributed by atoms with Crippen LogP contribution in [0.5, 0.6) is 0 Å². The summed E-state index contributed by atoms with van der Waals surface area (Å²) in [4.78, 5) is 12.2. The number of nitrogens with one attached hydrogen (secondary N) is 1. The maximum absolute atomic E-state index is 11.5. The van der Waals surface area contributed by atoms with Crippen LogP contribution in [-0.2, 0) is 17.8 Å². The van der Waals surface area contributed by atoms with Gasteiger partial charge in [-0.15, -0.1) is 0 Å². The van der Waals surface area contributed by atoms with E-state index in [9.17, 15) is 4.79 Å². The summed E-state index contributed by atoms with van der Waals surface area (Å²) in [5.74, 6) is 0.0986. The third kappa shape index (κ3) is 1.56. The zero-order chi connectivity index (χ0) is 13.0. The minimum Gasteiger partial charge on any atom is -0.347 e. The Hall–Kier alpha value is -1.68. The highest BCUT2D eigenvalue weighted by atomic mass is 32.1. The highest BCUT2D eigenvalue weighted by molar-refractivity contribution is 7.80. The number of hydrogen-bond acceptors (Lipinski definition) is 2. The molecule has 1 unspecified atom stereocenters. The molecule has 1 aromatic heterocycles. The Balaban J connectivity index is 1.95. The maximum atomic E-state index is 11.5. The van der Waals surface area contributed by atoms with Gasteiger partial charge in [0.2, 0.25) is 5.91 Å². The summed E-state index contributed by atoms with van der Waals surface area (Å²) >= 11 is 5.32. The molecule has 19 heavy (non-hydrogen) atoms. The number of carbonyl (C=O) groups is 1. The average molecular weight is 270 g/mol. The minimum atomic E-state index is 0.0435. The molecule has 4 rings (SSSR count). The van der Waals surface area contributed by atoms with Gasteiger partial charge >= 0.3 is 0 Å². The van der Waals surface area contributed by atoms with E-state index in [-0.39, 0.29) is 11.8 Å². The Bertz CT molecular complexity index is 716. The molecule has 0 spiro atoms. The lowest BCUT2D eigenvalue weighted by atomic mass is 9.96. The number of carbonyl (C=O) groups excluding carboxylic acids is 1. The molecule has 1 amide bonds. The third-order valence-electron chi connectivity index (χ3n) is 4.20. The molecule has 2 aromatic rings. The fourth-order valence-electron chi connectivity index (χ4n) is 3.37. The van der Waals surface area contributed by atoms with Crippen molar-refractivity contribution in [1.82, 2.24) is 9.88 Å². The first-order chi connectivity index (χ1) is 9.24. The van der Waals surface area contributed by atoms with Gasteiger partial charge in [0.15, 0.2) is 0 Å². The number of rotatable bonds is 1. The summed E-state index contributed by atoms with van der Waals surface area (Å²) in [5, 5.41) is 4.04. The van der Waals surface area contributed by atoms with Crippen LogP contribution in [0.25, 0.3) is 10.9 Å². The van der Waals surface area contributed by atoms with Gasteiger partial charge < -0.3 is 9.88 Å². The zero-order valence-corrected chi connectivity index (χ0v) is 11.3. The molecule has 0 aliphatic carbocycles. The number of aromatic nitrogens is 1. The van der Waals surface area contributed by atoms with Crippen LogP contribution in [0, 0.1) is 0 Å². The molecule has 0 radical (unpaired) electrons. The molecule has 1 fully saturated rings. The molecule has 0 saturated carbocycles. The second kappa shape index (κ2) is 3.90. The van der Waals surface area contributed by atoms with Crippen molar-refractivity contribution in [3.05, 3.63) is 35.5 Å². The number of hydrogen-bond donors (Lipinski definition) is 1. The van der Waals surface area contributed by atoms with E-state index in [0.29, 0.717) is 11.4 Å². The Morgan fingerprint density at radius 1 is 1.37 bits per heavy atom. The average Bonchev–Trinajstić information content (AvgIpc) is 2.93. The lowest BCUT2D eigenvalue weighted by molar-refractivity contribution is -0.118. The van der Waals surface area contributed by atoms with Crippen molar-refractivity contribution in [2.75, 3.05) is 0 Å². The van der Waals surface area contributed by atoms with Gasteiger partial charge in [0.1, 0.15) is 0 Å². The van der Waals surface area contributed by atoms with E-state index < -0.39 is 0 Å². The van der Waals surface area contributed by atoms with E-state index in [1.165, 1.54) is 28.5 Å². The van der Waals surface area contributed by atoms with Crippen molar-refractivity contribution in [2.24, 2.45) is 0 Å². The molecule has 96 valence electrons. The summed E-state index contributed by atoms with van der Waals surface area (Å²) < 4.78 is 2.33. The largest absolute Gasteiger partial charge is 0.347 e. The first-order valence-corrected chi connectivity index (χ1v) is 7.09. The van der Waals surface area contributed by atoms with Gasteiger partial charge in [0, 0.05) is 30.5 Å². The second-order valence-corrected chi connectivity index (χ2v) is 5.80. The Morgan fingerprint density at radius 3 is 3.05 bits per heavy atom. The maximum Gasteiger partial charge on any atom is 0.225 e. The topological polar surface area (TPSA) is 34.0 Å². The van der Waals surface area contributed by atoms with Gasteiger partial charge in [0.25, 0.3) is 0 Å². The lowest BCUT2D eigenvalue weighted by Crippen LogP contribution is -2.19. The number of thiocarbonyl (C=S) groups is 1.